The van der Waals surface area contributed by atoms with Crippen molar-refractivity contribution in [3.8, 4) is 0 Å². The van der Waals surface area contributed by atoms with Gasteiger partial charge in [0.25, 0.3) is 0 Å². The summed E-state index contributed by atoms with van der Waals surface area (Å²) in [7, 11) is 1.87. The molecule has 0 aromatic heterocycles. The highest BCUT2D eigenvalue weighted by Gasteiger charge is 1.98. The van der Waals surface area contributed by atoms with Gasteiger partial charge < -0.3 is 10.1 Å². The van der Waals surface area contributed by atoms with E-state index in [1.807, 2.05) is 7.05 Å². The van der Waals surface area contributed by atoms with Crippen molar-refractivity contribution in [2.75, 3.05) is 7.05 Å². The first kappa shape index (κ1) is 7.63. The number of nitrogens with one attached hydrogen (secondary N) is 1. The topological polar surface area (TPSA) is 29.1 Å². The molecule has 2 heteroatoms. The molecule has 0 aromatic rings. The molecule has 0 aromatic carbocycles. The van der Waals surface area contributed by atoms with E-state index in [4.69, 9.17) is 0 Å². The number of rotatable bonds is 4. The van der Waals surface area contributed by atoms with Gasteiger partial charge in [-0.25, -0.2) is 0 Å². The lowest BCUT2D eigenvalue weighted by molar-refractivity contribution is -0.108. The monoisotopic (exact) mass is 115 g/mol. The predicted molar refractivity (Wildman–Crippen MR) is 33.8 cm³/mol. The Balaban J connectivity index is 3.20. The first-order chi connectivity index (χ1) is 3.85. The van der Waals surface area contributed by atoms with E-state index in [1.165, 1.54) is 0 Å². The Labute approximate surface area is 50.3 Å². The van der Waals surface area contributed by atoms with E-state index in [1.54, 1.807) is 0 Å². The average molecular weight is 115 g/mol. The molecule has 0 unspecified atom stereocenters. The molecule has 0 heterocycles. The summed E-state index contributed by atoms with van der Waals surface area (Å²) in [5.41, 5.74) is 0. The molecule has 2 nitrogen and oxygen atoms in total. The minimum Gasteiger partial charge on any atom is -0.317 e. The lowest BCUT2D eigenvalue weighted by atomic mass is 10.2. The summed E-state index contributed by atoms with van der Waals surface area (Å²) < 4.78 is 0. The van der Waals surface area contributed by atoms with Crippen LogP contribution in [0.25, 0.3) is 0 Å². The van der Waals surface area contributed by atoms with Crippen molar-refractivity contribution in [2.24, 2.45) is 0 Å². The second-order valence-electron chi connectivity index (χ2n) is 1.80. The first-order valence-corrected chi connectivity index (χ1v) is 2.96. The van der Waals surface area contributed by atoms with Gasteiger partial charge in [-0.15, -0.1) is 0 Å². The second kappa shape index (κ2) is 4.78. The molecule has 8 heavy (non-hydrogen) atoms. The zero-order valence-electron chi connectivity index (χ0n) is 5.48. The van der Waals surface area contributed by atoms with Crippen molar-refractivity contribution < 1.29 is 4.79 Å². The fourth-order valence-electron chi connectivity index (χ4n) is 0.605. The van der Waals surface area contributed by atoms with Crippen molar-refractivity contribution in [1.29, 1.82) is 0 Å². The Kier molecular flexibility index (Phi) is 4.56. The van der Waals surface area contributed by atoms with Gasteiger partial charge in [0.05, 0.1) is 0 Å². The van der Waals surface area contributed by atoms with Crippen LogP contribution in [-0.2, 0) is 4.79 Å². The molecule has 0 saturated heterocycles. The molecule has 0 spiro atoms. The Morgan fingerprint density at radius 3 is 2.50 bits per heavy atom. The van der Waals surface area contributed by atoms with Crippen LogP contribution in [0, 0.1) is 0 Å². The molecular weight excluding hydrogens is 102 g/mol. The van der Waals surface area contributed by atoms with E-state index in [0.717, 1.165) is 12.7 Å². The van der Waals surface area contributed by atoms with E-state index in [0.29, 0.717) is 12.5 Å². The summed E-state index contributed by atoms with van der Waals surface area (Å²) in [5, 5.41) is 3.02. The van der Waals surface area contributed by atoms with E-state index in [2.05, 4.69) is 12.2 Å². The number of carbonyl (C=O) groups excluding carboxylic acids is 1. The molecule has 0 aliphatic heterocycles. The van der Waals surface area contributed by atoms with Crippen LogP contribution in [0.2, 0.25) is 0 Å². The SMILES string of the molecule is CC[C@@H](CC=O)NC. The van der Waals surface area contributed by atoms with E-state index in [9.17, 15) is 4.79 Å². The molecule has 0 amide bonds. The van der Waals surface area contributed by atoms with Gasteiger partial charge in [0.2, 0.25) is 0 Å². The molecule has 0 fully saturated rings. The van der Waals surface area contributed by atoms with Gasteiger partial charge in [-0.2, -0.15) is 0 Å². The molecule has 48 valence electrons. The van der Waals surface area contributed by atoms with Gasteiger partial charge in [-0.3, -0.25) is 0 Å². The molecule has 0 saturated carbocycles. The Morgan fingerprint density at radius 2 is 2.38 bits per heavy atom. The molecule has 0 bridgehead atoms. The van der Waals surface area contributed by atoms with Crippen molar-refractivity contribution >= 4 is 6.29 Å². The highest BCUT2D eigenvalue weighted by atomic mass is 16.1. The van der Waals surface area contributed by atoms with Crippen LogP contribution in [0.1, 0.15) is 19.8 Å². The summed E-state index contributed by atoms with van der Waals surface area (Å²) in [6.07, 6.45) is 2.60. The van der Waals surface area contributed by atoms with E-state index >= 15 is 0 Å². The molecule has 1 N–H and O–H groups in total. The molecular formula is C6H13NO. The number of carbonyl (C=O) groups is 1. The van der Waals surface area contributed by atoms with E-state index in [-0.39, 0.29) is 0 Å². The third-order valence-corrected chi connectivity index (χ3v) is 1.28. The summed E-state index contributed by atoms with van der Waals surface area (Å²) in [4.78, 5) is 9.89. The van der Waals surface area contributed by atoms with Crippen LogP contribution in [0.5, 0.6) is 0 Å². The van der Waals surface area contributed by atoms with Gasteiger partial charge in [0.15, 0.2) is 0 Å². The Morgan fingerprint density at radius 1 is 1.75 bits per heavy atom. The second-order valence-corrected chi connectivity index (χ2v) is 1.80. The highest BCUT2D eigenvalue weighted by molar-refractivity contribution is 5.50. The number of aldehydes is 1. The average Bonchev–Trinajstić information content (AvgIpc) is 1.83. The van der Waals surface area contributed by atoms with Crippen molar-refractivity contribution in [2.45, 2.75) is 25.8 Å². The first-order valence-electron chi connectivity index (χ1n) is 2.96. The van der Waals surface area contributed by atoms with Crippen LogP contribution in [0.15, 0.2) is 0 Å². The normalized spacial score (nSPS) is 13.2. The lowest BCUT2D eigenvalue weighted by Crippen LogP contribution is -2.24. The summed E-state index contributed by atoms with van der Waals surface area (Å²) in [6, 6.07) is 0.382. The van der Waals surface area contributed by atoms with Gasteiger partial charge in [-0.05, 0) is 13.5 Å². The van der Waals surface area contributed by atoms with Crippen molar-refractivity contribution in [3.05, 3.63) is 0 Å². The zero-order valence-corrected chi connectivity index (χ0v) is 5.48. The maximum atomic E-state index is 9.89. The van der Waals surface area contributed by atoms with Crippen LogP contribution < -0.4 is 5.32 Å². The van der Waals surface area contributed by atoms with Gasteiger partial charge in [0, 0.05) is 12.5 Å². The fourth-order valence-corrected chi connectivity index (χ4v) is 0.605. The third-order valence-electron chi connectivity index (χ3n) is 1.28. The van der Waals surface area contributed by atoms with Crippen LogP contribution in [0.3, 0.4) is 0 Å². The maximum absolute atomic E-state index is 9.89. The summed E-state index contributed by atoms with van der Waals surface area (Å²) in [5.74, 6) is 0. The fraction of sp³-hybridized carbons (Fsp3) is 0.833. The zero-order chi connectivity index (χ0) is 6.41. The quantitative estimate of drug-likeness (QED) is 0.543. The highest BCUT2D eigenvalue weighted by Crippen LogP contribution is 1.91. The molecule has 1 atom stereocenters. The van der Waals surface area contributed by atoms with Crippen molar-refractivity contribution in [3.63, 3.8) is 0 Å². The van der Waals surface area contributed by atoms with Crippen molar-refractivity contribution in [1.82, 2.24) is 5.32 Å². The van der Waals surface area contributed by atoms with Crippen LogP contribution in [0.4, 0.5) is 0 Å². The Bertz CT molecular complexity index is 59.5. The number of hydrogen-bond acceptors (Lipinski definition) is 2. The summed E-state index contributed by atoms with van der Waals surface area (Å²) in [6.45, 7) is 2.06. The maximum Gasteiger partial charge on any atom is 0.121 e. The molecule has 0 radical (unpaired) electrons. The Hall–Kier alpha value is -0.370. The van der Waals surface area contributed by atoms with Gasteiger partial charge in [-0.1, -0.05) is 6.92 Å². The van der Waals surface area contributed by atoms with E-state index < -0.39 is 0 Å². The van der Waals surface area contributed by atoms with Crippen LogP contribution in [-0.4, -0.2) is 19.4 Å². The van der Waals surface area contributed by atoms with Gasteiger partial charge >= 0.3 is 0 Å². The number of hydrogen-bond donors (Lipinski definition) is 1. The van der Waals surface area contributed by atoms with Crippen LogP contribution >= 0.6 is 0 Å². The summed E-state index contributed by atoms with van der Waals surface area (Å²) >= 11 is 0. The molecule has 0 rings (SSSR count). The minimum absolute atomic E-state index is 0.382. The van der Waals surface area contributed by atoms with Gasteiger partial charge in [0.1, 0.15) is 6.29 Å². The predicted octanol–water partition coefficient (Wildman–Crippen LogP) is 0.573. The minimum atomic E-state index is 0.382. The standard InChI is InChI=1S/C6H13NO/c1-3-6(7-2)4-5-8/h5-7H,3-4H2,1-2H3/t6-/m0/s1. The lowest BCUT2D eigenvalue weighted by Gasteiger charge is -2.07. The third kappa shape index (κ3) is 2.75. The largest absolute Gasteiger partial charge is 0.317 e. The molecule has 0 aliphatic carbocycles. The smallest absolute Gasteiger partial charge is 0.121 e. The molecule has 0 aliphatic rings.